The predicted molar refractivity (Wildman–Crippen MR) is 209 cm³/mol. The van der Waals surface area contributed by atoms with E-state index < -0.39 is 86.4 Å². The number of allylic oxidation sites excluding steroid dienone is 1. The average molecular weight is 851 g/mol. The largest absolute Gasteiger partial charge is 0.497 e. The Bertz CT molecular complexity index is 2130. The first-order chi connectivity index (χ1) is 27.5. The summed E-state index contributed by atoms with van der Waals surface area (Å²) in [6, 6.07) is 1.71. The Hall–Kier alpha value is -4.68. The Balaban J connectivity index is 1.44. The fourth-order valence-electron chi connectivity index (χ4n) is 8.26. The number of halogens is 3. The number of rotatable bonds is 9. The Kier molecular flexibility index (Phi) is 11.9. The van der Waals surface area contributed by atoms with Crippen LogP contribution in [0.1, 0.15) is 98.1 Å². The van der Waals surface area contributed by atoms with Gasteiger partial charge in [-0.1, -0.05) is 39.8 Å². The highest BCUT2D eigenvalue weighted by atomic mass is 32.2. The second-order valence-electron chi connectivity index (χ2n) is 17.3. The molecule has 0 spiro atoms. The quantitative estimate of drug-likeness (QED) is 0.277. The summed E-state index contributed by atoms with van der Waals surface area (Å²) in [6.07, 6.45) is -2.83. The van der Waals surface area contributed by atoms with E-state index in [1.54, 1.807) is 30.4 Å². The van der Waals surface area contributed by atoms with E-state index in [0.717, 1.165) is 4.90 Å². The average Bonchev–Trinajstić information content (AvgIpc) is 4.07. The van der Waals surface area contributed by atoms with Crippen LogP contribution in [-0.2, 0) is 24.4 Å². The number of benzene rings is 1. The molecule has 1 aromatic carbocycles. The third-order valence-corrected chi connectivity index (χ3v) is 13.9. The molecule has 2 saturated carbocycles. The van der Waals surface area contributed by atoms with Crippen LogP contribution in [0.4, 0.5) is 18.0 Å². The van der Waals surface area contributed by atoms with Crippen molar-refractivity contribution >= 4 is 44.9 Å². The number of methoxy groups -OCH3 is 1. The molecule has 1 saturated heterocycles. The van der Waals surface area contributed by atoms with Crippen LogP contribution < -0.4 is 19.5 Å². The van der Waals surface area contributed by atoms with Crippen molar-refractivity contribution in [1.82, 2.24) is 29.8 Å². The minimum absolute atomic E-state index is 0.0531. The number of sulfonamides is 1. The number of amides is 4. The number of fused-ring (bicyclic) bond motifs is 3. The van der Waals surface area contributed by atoms with Crippen molar-refractivity contribution in [3.8, 4) is 11.6 Å². The van der Waals surface area contributed by atoms with Crippen LogP contribution in [0.25, 0.3) is 11.0 Å². The molecule has 6 rings (SSSR count). The topological polar surface area (TPSA) is 197 Å². The van der Waals surface area contributed by atoms with Crippen LogP contribution in [0, 0.1) is 17.8 Å². The lowest BCUT2D eigenvalue weighted by molar-refractivity contribution is -0.222. The fourth-order valence-corrected chi connectivity index (χ4v) is 9.63. The first kappa shape index (κ1) is 43.9. The number of nitrogens with one attached hydrogen (secondary N) is 2. The van der Waals surface area contributed by atoms with Gasteiger partial charge in [-0.05, 0) is 76.3 Å². The fraction of sp³-hybridized carbons (Fsp3) is 0.650. The zero-order valence-electron chi connectivity index (χ0n) is 34.2. The Morgan fingerprint density at radius 2 is 1.78 bits per heavy atom. The molecule has 3 heterocycles. The monoisotopic (exact) mass is 850 g/mol. The molecule has 3 N–H and O–H groups in total. The maximum absolute atomic E-state index is 15.0. The first-order valence-corrected chi connectivity index (χ1v) is 21.5. The molecule has 3 fully saturated rings. The summed E-state index contributed by atoms with van der Waals surface area (Å²) in [6.45, 7) is 8.12. The van der Waals surface area contributed by atoms with Crippen LogP contribution in [0.15, 0.2) is 30.4 Å². The molecular formula is C40H53F3N6O9S. The summed E-state index contributed by atoms with van der Waals surface area (Å²) in [4.78, 5) is 67.0. The number of carboxylic acid groups (broad SMARTS) is 1. The van der Waals surface area contributed by atoms with Crippen molar-refractivity contribution in [3.05, 3.63) is 36.0 Å². The van der Waals surface area contributed by atoms with Gasteiger partial charge in [0, 0.05) is 24.3 Å². The number of alkyl halides is 3. The van der Waals surface area contributed by atoms with Crippen LogP contribution in [0.5, 0.6) is 11.6 Å². The number of ether oxygens (including phenoxy) is 2. The maximum Gasteiger partial charge on any atom is 0.411 e. The zero-order chi connectivity index (χ0) is 43.4. The van der Waals surface area contributed by atoms with Crippen molar-refractivity contribution in [2.24, 2.45) is 17.8 Å². The van der Waals surface area contributed by atoms with Gasteiger partial charge in [-0.2, -0.15) is 13.2 Å². The van der Waals surface area contributed by atoms with Crippen molar-refractivity contribution < 1.29 is 55.3 Å². The highest BCUT2D eigenvalue weighted by Crippen LogP contribution is 2.47. The summed E-state index contributed by atoms with van der Waals surface area (Å²) in [5, 5.41) is 12.5. The Labute approximate surface area is 341 Å². The Morgan fingerprint density at radius 1 is 1.08 bits per heavy atom. The van der Waals surface area contributed by atoms with Crippen molar-refractivity contribution in [1.29, 1.82) is 0 Å². The van der Waals surface area contributed by atoms with Gasteiger partial charge < -0.3 is 24.8 Å². The summed E-state index contributed by atoms with van der Waals surface area (Å²) in [7, 11) is -2.54. The van der Waals surface area contributed by atoms with E-state index in [1.165, 1.54) is 14.0 Å². The Morgan fingerprint density at radius 3 is 2.39 bits per heavy atom. The second-order valence-corrected chi connectivity index (χ2v) is 19.3. The van der Waals surface area contributed by atoms with Gasteiger partial charge >= 0.3 is 12.3 Å². The van der Waals surface area contributed by atoms with Gasteiger partial charge in [0.1, 0.15) is 40.7 Å². The normalized spacial score (nSPS) is 28.8. The number of aromatic nitrogens is 2. The minimum Gasteiger partial charge on any atom is -0.497 e. The van der Waals surface area contributed by atoms with E-state index in [0.29, 0.717) is 62.0 Å². The van der Waals surface area contributed by atoms with E-state index in [9.17, 15) is 41.1 Å². The van der Waals surface area contributed by atoms with Gasteiger partial charge in [-0.25, -0.2) is 23.2 Å². The van der Waals surface area contributed by atoms with Gasteiger partial charge in [0.05, 0.1) is 29.9 Å². The molecule has 0 bridgehead atoms. The first-order valence-electron chi connectivity index (χ1n) is 20.0. The molecule has 15 nitrogen and oxygen atoms in total. The third-order valence-electron chi connectivity index (χ3n) is 12.0. The second kappa shape index (κ2) is 16.1. The van der Waals surface area contributed by atoms with Crippen LogP contribution in [0.3, 0.4) is 0 Å². The van der Waals surface area contributed by atoms with Gasteiger partial charge in [0.25, 0.3) is 5.91 Å². The molecule has 0 unspecified atom stereocenters. The van der Waals surface area contributed by atoms with E-state index >= 15 is 4.79 Å². The van der Waals surface area contributed by atoms with Gasteiger partial charge in [-0.15, -0.1) is 0 Å². The van der Waals surface area contributed by atoms with Crippen LogP contribution >= 0.6 is 0 Å². The molecule has 2 aromatic rings. The summed E-state index contributed by atoms with van der Waals surface area (Å²) in [5.74, 6) is -4.26. The number of hydrogen-bond donors (Lipinski definition) is 3. The zero-order valence-corrected chi connectivity index (χ0v) is 35.0. The molecule has 59 heavy (non-hydrogen) atoms. The number of carbonyl (C=O) groups excluding carboxylic acids is 3. The molecule has 324 valence electrons. The highest BCUT2D eigenvalue weighted by molar-refractivity contribution is 7.91. The van der Waals surface area contributed by atoms with E-state index in [2.05, 4.69) is 10.0 Å². The molecular weight excluding hydrogens is 798 g/mol. The molecule has 4 amide bonds. The molecule has 4 aliphatic rings. The lowest BCUT2D eigenvalue weighted by atomic mass is 9.85. The molecule has 7 atom stereocenters. The third kappa shape index (κ3) is 8.80. The van der Waals surface area contributed by atoms with Gasteiger partial charge in [0.15, 0.2) is 0 Å². The number of carbonyl (C=O) groups is 4. The predicted octanol–water partition coefficient (Wildman–Crippen LogP) is 5.30. The van der Waals surface area contributed by atoms with Crippen LogP contribution in [0.2, 0.25) is 0 Å². The van der Waals surface area contributed by atoms with Gasteiger partial charge in [-0.3, -0.25) is 24.0 Å². The summed E-state index contributed by atoms with van der Waals surface area (Å²) in [5.41, 5.74) is -3.34. The van der Waals surface area contributed by atoms with Crippen molar-refractivity contribution in [2.75, 3.05) is 13.7 Å². The molecule has 1 aromatic heterocycles. The standard InChI is InChI=1S/C40H53F3N6O9S/c1-21(2)31-34(45-29-17-25(57-7)12-15-28(29)44-31)58-26-18-30-33(50)46-39(36(52)47-59(55,56)27-13-14-27)19-24(39)11-9-8-10-22(3)16-23(4)32(35(51)48(30)20-26)49(37(53)54)38(5,6)40(41,42)43/h9,11-12,15,17,21-24,26-27,30,32H,8,10,13-14,16,18-20H2,1-7H3,(H,46,50)(H,47,52)(H,53,54)/b11-9-/t22-,23+,24+,26+,30-,32-,39+/m0/s1. The minimum atomic E-state index is -5.10. The molecule has 2 aliphatic heterocycles. The summed E-state index contributed by atoms with van der Waals surface area (Å²) < 4.78 is 83.9. The smallest absolute Gasteiger partial charge is 0.411 e. The summed E-state index contributed by atoms with van der Waals surface area (Å²) >= 11 is 0. The van der Waals surface area contributed by atoms with Gasteiger partial charge in [0.2, 0.25) is 27.7 Å². The SMILES string of the molecule is COc1ccc2nc(C(C)C)c(O[C@@H]3C[C@H]4C(=O)N[C@]5(C(=O)NS(=O)(=O)C6CC6)C[C@H]5/C=C\CC[C@H](C)C[C@@H](C)[C@H](N(C(=O)O)C(C)(C)C(F)(F)F)C(=O)N4C3)nc2c1. The van der Waals surface area contributed by atoms with E-state index in [4.69, 9.17) is 19.4 Å². The van der Waals surface area contributed by atoms with E-state index in [-0.39, 0.29) is 48.4 Å². The number of hydrogen-bond acceptors (Lipinski definition) is 10. The molecule has 2 aliphatic carbocycles. The molecule has 19 heteroatoms. The number of nitrogens with zero attached hydrogens (tertiary/aromatic N) is 4. The lowest BCUT2D eigenvalue weighted by Crippen LogP contribution is -2.66. The molecule has 0 radical (unpaired) electrons. The van der Waals surface area contributed by atoms with Crippen molar-refractivity contribution in [2.45, 2.75) is 133 Å². The van der Waals surface area contributed by atoms with Crippen molar-refractivity contribution in [3.63, 3.8) is 0 Å². The maximum atomic E-state index is 15.0. The van der Waals surface area contributed by atoms with Crippen LogP contribution in [-0.4, -0.2) is 111 Å². The van der Waals surface area contributed by atoms with E-state index in [1.807, 2.05) is 20.8 Å². The highest BCUT2D eigenvalue weighted by Gasteiger charge is 2.63. The lowest BCUT2D eigenvalue weighted by Gasteiger charge is -2.45.